The largest absolute Gasteiger partial charge is 0.469 e. The van der Waals surface area contributed by atoms with Crippen LogP contribution in [0.2, 0.25) is 5.54 Å². The maximum absolute atomic E-state index is 13.0. The van der Waals surface area contributed by atoms with E-state index in [2.05, 4.69) is 36.4 Å². The lowest BCUT2D eigenvalue weighted by Crippen LogP contribution is -2.70. The highest BCUT2D eigenvalue weighted by Gasteiger charge is 2.49. The maximum Gasteiger partial charge on any atom is 0.310 e. The Morgan fingerprint density at radius 3 is 1.44 bits per heavy atom. The molecule has 2 nitrogen and oxygen atoms in total. The van der Waals surface area contributed by atoms with Crippen LogP contribution in [-0.2, 0) is 9.53 Å². The Morgan fingerprint density at radius 2 is 1.15 bits per heavy atom. The first-order chi connectivity index (χ1) is 13.2. The van der Waals surface area contributed by atoms with Gasteiger partial charge in [-0.25, -0.2) is 0 Å². The van der Waals surface area contributed by atoms with Crippen LogP contribution in [-0.4, -0.2) is 21.2 Å². The Bertz CT molecular complexity index is 793. The number of esters is 1. The van der Waals surface area contributed by atoms with Crippen LogP contribution in [0.15, 0.2) is 103 Å². The minimum Gasteiger partial charge on any atom is -0.469 e. The summed E-state index contributed by atoms with van der Waals surface area (Å²) in [4.78, 5) is 13.0. The lowest BCUT2D eigenvalue weighted by atomic mass is 10.3. The number of methoxy groups -OCH3 is 1. The second-order valence-corrected chi connectivity index (χ2v) is 10.4. The van der Waals surface area contributed by atoms with Gasteiger partial charge in [0.25, 0.3) is 0 Å². The number of carbonyl (C=O) groups excluding carboxylic acids is 1. The van der Waals surface area contributed by atoms with Crippen molar-refractivity contribution in [1.82, 2.24) is 0 Å². The third kappa shape index (κ3) is 3.51. The Balaban J connectivity index is 2.44. The number of hydrogen-bond acceptors (Lipinski definition) is 2. The van der Waals surface area contributed by atoms with Gasteiger partial charge in [0.15, 0.2) is 8.07 Å². The first-order valence-corrected chi connectivity index (χ1v) is 11.2. The normalized spacial score (nSPS) is 12.7. The summed E-state index contributed by atoms with van der Waals surface area (Å²) >= 11 is 0. The van der Waals surface area contributed by atoms with E-state index >= 15 is 0 Å². The Hall–Kier alpha value is -2.91. The summed E-state index contributed by atoms with van der Waals surface area (Å²) < 4.78 is 5.28. The third-order valence-electron chi connectivity index (χ3n) is 4.99. The van der Waals surface area contributed by atoms with Gasteiger partial charge < -0.3 is 4.74 Å². The van der Waals surface area contributed by atoms with Gasteiger partial charge >= 0.3 is 5.97 Å². The molecule has 0 aliphatic heterocycles. The van der Waals surface area contributed by atoms with E-state index in [0.29, 0.717) is 0 Å². The molecule has 0 aliphatic carbocycles. The zero-order chi connectivity index (χ0) is 19.1. The lowest BCUT2D eigenvalue weighted by molar-refractivity contribution is -0.139. The molecule has 0 aromatic heterocycles. The number of rotatable bonds is 6. The standard InChI is InChI=1S/C24H24O2Si/c1-3-13-23(24(25)26-2)27(20-14-7-4-8-15-20,21-16-9-5-10-17-21)22-18-11-6-12-19-22/h3-19,23H,1-2H3/b13-3+/t23-/m1/s1. The summed E-state index contributed by atoms with van der Waals surface area (Å²) in [5.74, 6) is -0.198. The topological polar surface area (TPSA) is 26.3 Å². The molecule has 0 saturated heterocycles. The van der Waals surface area contributed by atoms with Crippen molar-refractivity contribution in [3.8, 4) is 0 Å². The number of benzene rings is 3. The summed E-state index contributed by atoms with van der Waals surface area (Å²) in [6.45, 7) is 1.95. The molecule has 0 bridgehead atoms. The molecule has 3 aromatic carbocycles. The first kappa shape index (κ1) is 18.9. The molecule has 0 saturated carbocycles. The van der Waals surface area contributed by atoms with Gasteiger partial charge in [-0.05, 0) is 22.5 Å². The van der Waals surface area contributed by atoms with Crippen LogP contribution >= 0.6 is 0 Å². The molecule has 1 atom stereocenters. The summed E-state index contributed by atoms with van der Waals surface area (Å²) in [5.41, 5.74) is -0.361. The van der Waals surface area contributed by atoms with Gasteiger partial charge in [0.05, 0.1) is 12.7 Å². The fourth-order valence-electron chi connectivity index (χ4n) is 3.86. The molecule has 136 valence electrons. The Kier molecular flexibility index (Phi) is 6.04. The summed E-state index contributed by atoms with van der Waals surface area (Å²) in [6, 6.07) is 31.2. The van der Waals surface area contributed by atoms with Crippen LogP contribution in [0.4, 0.5) is 0 Å². The quantitative estimate of drug-likeness (QED) is 0.287. The van der Waals surface area contributed by atoms with Gasteiger partial charge in [0.1, 0.15) is 0 Å². The van der Waals surface area contributed by atoms with Crippen LogP contribution < -0.4 is 15.6 Å². The number of hydrogen-bond donors (Lipinski definition) is 0. The molecular formula is C24H24O2Si. The van der Waals surface area contributed by atoms with Gasteiger partial charge in [0, 0.05) is 0 Å². The number of ether oxygens (including phenoxy) is 1. The molecule has 3 rings (SSSR count). The van der Waals surface area contributed by atoms with E-state index in [1.807, 2.05) is 73.7 Å². The average molecular weight is 373 g/mol. The molecule has 0 unspecified atom stereocenters. The third-order valence-corrected chi connectivity index (χ3v) is 10.1. The molecule has 27 heavy (non-hydrogen) atoms. The zero-order valence-electron chi connectivity index (χ0n) is 15.7. The fraction of sp³-hybridized carbons (Fsp3) is 0.125. The SMILES string of the molecule is C/C=C/[C@H](C(=O)OC)[Si](c1ccccc1)(c1ccccc1)c1ccccc1. The van der Waals surface area contributed by atoms with E-state index in [1.54, 1.807) is 0 Å². The molecule has 0 amide bonds. The van der Waals surface area contributed by atoms with Crippen LogP contribution in [0, 0.1) is 0 Å². The van der Waals surface area contributed by atoms with E-state index in [9.17, 15) is 4.79 Å². The summed E-state index contributed by atoms with van der Waals surface area (Å²) in [6.07, 6.45) is 3.96. The van der Waals surface area contributed by atoms with Crippen molar-refractivity contribution in [2.24, 2.45) is 0 Å². The minimum atomic E-state index is -2.72. The highest BCUT2D eigenvalue weighted by atomic mass is 28.3. The van der Waals surface area contributed by atoms with Crippen molar-refractivity contribution in [3.05, 3.63) is 103 Å². The van der Waals surface area contributed by atoms with Crippen LogP contribution in [0.25, 0.3) is 0 Å². The maximum atomic E-state index is 13.0. The van der Waals surface area contributed by atoms with Gasteiger partial charge in [-0.2, -0.15) is 0 Å². The average Bonchev–Trinajstić information content (AvgIpc) is 2.75. The van der Waals surface area contributed by atoms with E-state index in [1.165, 1.54) is 22.7 Å². The second kappa shape index (κ2) is 8.65. The number of carbonyl (C=O) groups is 1. The first-order valence-electron chi connectivity index (χ1n) is 9.12. The summed E-state index contributed by atoms with van der Waals surface area (Å²) in [5, 5.41) is 3.57. The van der Waals surface area contributed by atoms with Crippen molar-refractivity contribution < 1.29 is 9.53 Å². The second-order valence-electron chi connectivity index (χ2n) is 6.43. The van der Waals surface area contributed by atoms with Gasteiger partial charge in [0.2, 0.25) is 0 Å². The molecule has 0 aliphatic rings. The predicted octanol–water partition coefficient (Wildman–Crippen LogP) is 3.28. The lowest BCUT2D eigenvalue weighted by Gasteiger charge is -2.38. The predicted molar refractivity (Wildman–Crippen MR) is 115 cm³/mol. The molecule has 3 heteroatoms. The van der Waals surface area contributed by atoms with Crippen molar-refractivity contribution in [1.29, 1.82) is 0 Å². The van der Waals surface area contributed by atoms with E-state index in [0.717, 1.165) is 0 Å². The summed E-state index contributed by atoms with van der Waals surface area (Å²) in [7, 11) is -1.25. The monoisotopic (exact) mass is 372 g/mol. The van der Waals surface area contributed by atoms with Crippen molar-refractivity contribution >= 4 is 29.6 Å². The van der Waals surface area contributed by atoms with Gasteiger partial charge in [-0.15, -0.1) is 0 Å². The highest BCUT2D eigenvalue weighted by molar-refractivity contribution is 7.14. The van der Waals surface area contributed by atoms with Crippen LogP contribution in [0.3, 0.4) is 0 Å². The van der Waals surface area contributed by atoms with E-state index in [4.69, 9.17) is 4.74 Å². The molecule has 0 fully saturated rings. The Morgan fingerprint density at radius 1 is 0.778 bits per heavy atom. The highest BCUT2D eigenvalue weighted by Crippen LogP contribution is 2.26. The fourth-order valence-corrected chi connectivity index (χ4v) is 9.05. The van der Waals surface area contributed by atoms with Crippen LogP contribution in [0.1, 0.15) is 6.92 Å². The molecule has 0 heterocycles. The number of allylic oxidation sites excluding steroid dienone is 1. The zero-order valence-corrected chi connectivity index (χ0v) is 16.7. The van der Waals surface area contributed by atoms with Gasteiger partial charge in [-0.1, -0.05) is 103 Å². The smallest absolute Gasteiger partial charge is 0.310 e. The molecule has 0 spiro atoms. The van der Waals surface area contributed by atoms with Crippen molar-refractivity contribution in [2.45, 2.75) is 12.5 Å². The van der Waals surface area contributed by atoms with E-state index in [-0.39, 0.29) is 11.5 Å². The Labute approximate surface area is 162 Å². The van der Waals surface area contributed by atoms with E-state index < -0.39 is 8.07 Å². The molecule has 3 aromatic rings. The van der Waals surface area contributed by atoms with Gasteiger partial charge in [-0.3, -0.25) is 4.79 Å². The molecular weight excluding hydrogens is 348 g/mol. The minimum absolute atomic E-state index is 0.198. The molecule has 0 N–H and O–H groups in total. The van der Waals surface area contributed by atoms with Crippen molar-refractivity contribution in [3.63, 3.8) is 0 Å². The van der Waals surface area contributed by atoms with Crippen LogP contribution in [0.5, 0.6) is 0 Å². The van der Waals surface area contributed by atoms with Crippen molar-refractivity contribution in [2.75, 3.05) is 7.11 Å². The molecule has 0 radical (unpaired) electrons.